The van der Waals surface area contributed by atoms with E-state index >= 15 is 0 Å². The monoisotopic (exact) mass is 359 g/mol. The van der Waals surface area contributed by atoms with Crippen LogP contribution in [0.5, 0.6) is 0 Å². The maximum absolute atomic E-state index is 12.5. The van der Waals surface area contributed by atoms with Gasteiger partial charge in [0, 0.05) is 49.3 Å². The summed E-state index contributed by atoms with van der Waals surface area (Å²) in [5, 5.41) is 0.417. The molecular formula is C18H21N3O3S. The van der Waals surface area contributed by atoms with Gasteiger partial charge in [-0.3, -0.25) is 14.6 Å². The number of nitrogens with zero attached hydrogens (tertiary/aromatic N) is 2. The predicted molar refractivity (Wildman–Crippen MR) is 98.8 cm³/mol. The smallest absolute Gasteiger partial charge is 0.328 e. The zero-order valence-corrected chi connectivity index (χ0v) is 14.7. The summed E-state index contributed by atoms with van der Waals surface area (Å²) in [5.74, 6) is 0.955. The van der Waals surface area contributed by atoms with Crippen LogP contribution in [0.1, 0.15) is 23.7 Å². The number of rotatable bonds is 4. The van der Waals surface area contributed by atoms with Gasteiger partial charge in [0.15, 0.2) is 0 Å². The van der Waals surface area contributed by atoms with Crippen molar-refractivity contribution in [2.24, 2.45) is 0 Å². The molecule has 1 amide bonds. The van der Waals surface area contributed by atoms with Gasteiger partial charge in [-0.15, -0.1) is 0 Å². The van der Waals surface area contributed by atoms with Crippen molar-refractivity contribution in [2.75, 3.05) is 18.8 Å². The Labute approximate surface area is 149 Å². The summed E-state index contributed by atoms with van der Waals surface area (Å²) >= 11 is 1.89. The van der Waals surface area contributed by atoms with Crippen LogP contribution in [0.3, 0.4) is 0 Å². The van der Waals surface area contributed by atoms with E-state index in [-0.39, 0.29) is 18.9 Å². The largest absolute Gasteiger partial charge is 0.342 e. The van der Waals surface area contributed by atoms with Crippen LogP contribution in [0, 0.1) is 0 Å². The Kier molecular flexibility index (Phi) is 5.75. The van der Waals surface area contributed by atoms with Crippen LogP contribution < -0.4 is 11.2 Å². The number of thioether (sulfide) groups is 1. The molecule has 6 nitrogen and oxygen atoms in total. The second-order valence-electron chi connectivity index (χ2n) is 5.99. The van der Waals surface area contributed by atoms with Crippen LogP contribution in [-0.4, -0.2) is 39.2 Å². The summed E-state index contributed by atoms with van der Waals surface area (Å²) in [6, 6.07) is 11.7. The highest BCUT2D eigenvalue weighted by atomic mass is 32.2. The molecule has 1 aromatic heterocycles. The Hall–Kier alpha value is -2.28. The molecule has 1 aliphatic heterocycles. The first-order chi connectivity index (χ1) is 12.1. The Morgan fingerprint density at radius 2 is 1.96 bits per heavy atom. The molecule has 0 radical (unpaired) electrons. The van der Waals surface area contributed by atoms with Gasteiger partial charge in [-0.1, -0.05) is 30.3 Å². The number of H-pyrrole nitrogens is 1. The van der Waals surface area contributed by atoms with Crippen LogP contribution in [-0.2, 0) is 11.3 Å². The zero-order chi connectivity index (χ0) is 17.6. The molecule has 0 aliphatic carbocycles. The number of carbonyl (C=O) groups is 1. The fourth-order valence-electron chi connectivity index (χ4n) is 2.95. The maximum Gasteiger partial charge on any atom is 0.328 e. The predicted octanol–water partition coefficient (Wildman–Crippen LogP) is 1.63. The number of benzene rings is 1. The second-order valence-corrected chi connectivity index (χ2v) is 7.30. The highest BCUT2D eigenvalue weighted by molar-refractivity contribution is 7.99. The minimum Gasteiger partial charge on any atom is -0.342 e. The molecule has 1 unspecified atom stereocenters. The average Bonchev–Trinajstić information content (AvgIpc) is 2.88. The number of amides is 1. The molecular weight excluding hydrogens is 338 g/mol. The van der Waals surface area contributed by atoms with Crippen molar-refractivity contribution in [3.63, 3.8) is 0 Å². The fraction of sp³-hybridized carbons (Fsp3) is 0.389. The molecule has 1 N–H and O–H groups in total. The molecule has 2 heterocycles. The molecule has 1 fully saturated rings. The van der Waals surface area contributed by atoms with Crippen LogP contribution in [0.15, 0.2) is 52.2 Å². The Bertz CT molecular complexity index is 831. The summed E-state index contributed by atoms with van der Waals surface area (Å²) in [7, 11) is 0. The molecule has 2 aromatic rings. The number of aromatic nitrogens is 2. The van der Waals surface area contributed by atoms with E-state index in [0.29, 0.717) is 5.25 Å². The highest BCUT2D eigenvalue weighted by Gasteiger charge is 2.21. The molecule has 7 heteroatoms. The quantitative estimate of drug-likeness (QED) is 0.900. The molecule has 1 aromatic carbocycles. The summed E-state index contributed by atoms with van der Waals surface area (Å²) in [4.78, 5) is 39.3. The number of hydrogen-bond acceptors (Lipinski definition) is 4. The topological polar surface area (TPSA) is 75.2 Å². The van der Waals surface area contributed by atoms with Crippen LogP contribution >= 0.6 is 11.8 Å². The van der Waals surface area contributed by atoms with Gasteiger partial charge < -0.3 is 9.47 Å². The second kappa shape index (κ2) is 8.20. The van der Waals surface area contributed by atoms with Crippen molar-refractivity contribution in [1.82, 2.24) is 14.5 Å². The normalized spacial score (nSPS) is 17.9. The molecule has 3 rings (SSSR count). The van der Waals surface area contributed by atoms with E-state index < -0.39 is 11.2 Å². The van der Waals surface area contributed by atoms with Crippen LogP contribution in [0.25, 0.3) is 0 Å². The van der Waals surface area contributed by atoms with Crippen LogP contribution in [0.4, 0.5) is 0 Å². The van der Waals surface area contributed by atoms with Crippen molar-refractivity contribution >= 4 is 17.7 Å². The van der Waals surface area contributed by atoms with E-state index in [1.165, 1.54) is 22.4 Å². The van der Waals surface area contributed by atoms with E-state index in [4.69, 9.17) is 0 Å². The molecule has 1 saturated heterocycles. The van der Waals surface area contributed by atoms with Crippen molar-refractivity contribution in [2.45, 2.75) is 24.6 Å². The lowest BCUT2D eigenvalue weighted by molar-refractivity contribution is -0.131. The van der Waals surface area contributed by atoms with E-state index in [9.17, 15) is 14.4 Å². The SMILES string of the molecule is O=C(CCn1ccc(=O)[nH]c1=O)N1CCSC(c2ccccc2)CC1. The van der Waals surface area contributed by atoms with E-state index in [0.717, 1.165) is 25.3 Å². The fourth-order valence-corrected chi connectivity index (χ4v) is 4.18. The third-order valence-corrected chi connectivity index (χ3v) is 5.66. The standard InChI is InChI=1S/C18H21N3O3S/c22-16-7-10-21(18(24)19-16)11-8-17(23)20-9-6-15(25-13-12-20)14-4-2-1-3-5-14/h1-5,7,10,15H,6,8-9,11-13H2,(H,19,22,24). The molecule has 0 bridgehead atoms. The van der Waals surface area contributed by atoms with E-state index in [1.54, 1.807) is 0 Å². The highest BCUT2D eigenvalue weighted by Crippen LogP contribution is 2.34. The third-order valence-electron chi connectivity index (χ3n) is 4.33. The van der Waals surface area contributed by atoms with E-state index in [1.807, 2.05) is 34.9 Å². The Balaban J connectivity index is 1.56. The zero-order valence-electron chi connectivity index (χ0n) is 13.9. The van der Waals surface area contributed by atoms with Crippen molar-refractivity contribution in [3.8, 4) is 0 Å². The van der Waals surface area contributed by atoms with Crippen molar-refractivity contribution < 1.29 is 4.79 Å². The lowest BCUT2D eigenvalue weighted by Crippen LogP contribution is -2.35. The first kappa shape index (κ1) is 17.5. The summed E-state index contributed by atoms with van der Waals surface area (Å²) in [6.45, 7) is 1.74. The first-order valence-corrected chi connectivity index (χ1v) is 9.42. The van der Waals surface area contributed by atoms with Crippen molar-refractivity contribution in [3.05, 3.63) is 69.0 Å². The van der Waals surface area contributed by atoms with Gasteiger partial charge in [0.1, 0.15) is 0 Å². The van der Waals surface area contributed by atoms with Gasteiger partial charge in [-0.25, -0.2) is 4.79 Å². The molecule has 0 spiro atoms. The van der Waals surface area contributed by atoms with Gasteiger partial charge >= 0.3 is 5.69 Å². The number of nitrogens with one attached hydrogen (secondary N) is 1. The van der Waals surface area contributed by atoms with Gasteiger partial charge in [0.25, 0.3) is 5.56 Å². The van der Waals surface area contributed by atoms with E-state index in [2.05, 4.69) is 17.1 Å². The van der Waals surface area contributed by atoms with Crippen LogP contribution in [0.2, 0.25) is 0 Å². The molecule has 1 atom stereocenters. The van der Waals surface area contributed by atoms with Gasteiger partial charge in [-0.05, 0) is 12.0 Å². The molecule has 25 heavy (non-hydrogen) atoms. The molecule has 0 saturated carbocycles. The minimum atomic E-state index is -0.476. The number of aromatic amines is 1. The molecule has 1 aliphatic rings. The van der Waals surface area contributed by atoms with Gasteiger partial charge in [-0.2, -0.15) is 11.8 Å². The van der Waals surface area contributed by atoms with Crippen molar-refractivity contribution in [1.29, 1.82) is 0 Å². The minimum absolute atomic E-state index is 0.0485. The van der Waals surface area contributed by atoms with Gasteiger partial charge in [0.05, 0.1) is 0 Å². The Morgan fingerprint density at radius 1 is 1.16 bits per heavy atom. The number of hydrogen-bond donors (Lipinski definition) is 1. The number of carbonyl (C=O) groups excluding carboxylic acids is 1. The summed E-state index contributed by atoms with van der Waals surface area (Å²) in [5.41, 5.74) is 0.404. The van der Waals surface area contributed by atoms with Gasteiger partial charge in [0.2, 0.25) is 5.91 Å². The Morgan fingerprint density at radius 3 is 2.72 bits per heavy atom. The summed E-state index contributed by atoms with van der Waals surface area (Å²) < 4.78 is 1.36. The lowest BCUT2D eigenvalue weighted by Gasteiger charge is -2.20. The first-order valence-electron chi connectivity index (χ1n) is 8.37. The maximum atomic E-state index is 12.5. The lowest BCUT2D eigenvalue weighted by atomic mass is 10.1. The average molecular weight is 359 g/mol. The molecule has 132 valence electrons. The third kappa shape index (κ3) is 4.63. The summed E-state index contributed by atoms with van der Waals surface area (Å²) in [6.07, 6.45) is 2.61. The number of aryl methyl sites for hydroxylation is 1.